The highest BCUT2D eigenvalue weighted by molar-refractivity contribution is 7.11. The maximum Gasteiger partial charge on any atom is 0.265 e. The Morgan fingerprint density at radius 2 is 1.95 bits per heavy atom. The molecule has 0 radical (unpaired) electrons. The van der Waals surface area contributed by atoms with E-state index in [1.807, 2.05) is 4.90 Å². The van der Waals surface area contributed by atoms with Gasteiger partial charge in [-0.05, 0) is 12.8 Å². The SMILES string of the molecule is CC(C)(C)c1ncsc1C(=O)N1CCC(C(N)=O)CC1. The van der Waals surface area contributed by atoms with Gasteiger partial charge in [-0.2, -0.15) is 0 Å². The second kappa shape index (κ2) is 5.52. The zero-order valence-corrected chi connectivity index (χ0v) is 13.0. The number of thiazole rings is 1. The Morgan fingerprint density at radius 1 is 1.35 bits per heavy atom. The number of carbonyl (C=O) groups is 2. The van der Waals surface area contributed by atoms with Crippen LogP contribution in [0.1, 0.15) is 49.0 Å². The number of nitrogens with two attached hydrogens (primary N) is 1. The fraction of sp³-hybridized carbons (Fsp3) is 0.643. The average Bonchev–Trinajstić information content (AvgIpc) is 2.87. The molecule has 0 saturated carbocycles. The molecule has 1 aliphatic heterocycles. The van der Waals surface area contributed by atoms with Crippen molar-refractivity contribution in [2.45, 2.75) is 39.0 Å². The molecule has 1 aliphatic rings. The normalized spacial score (nSPS) is 17.2. The number of likely N-dealkylation sites (tertiary alicyclic amines) is 1. The van der Waals surface area contributed by atoms with Gasteiger partial charge in [0.1, 0.15) is 4.88 Å². The van der Waals surface area contributed by atoms with E-state index < -0.39 is 0 Å². The first-order valence-electron chi connectivity index (χ1n) is 6.83. The van der Waals surface area contributed by atoms with Crippen LogP contribution in [-0.4, -0.2) is 34.8 Å². The molecule has 0 atom stereocenters. The van der Waals surface area contributed by atoms with Crippen molar-refractivity contribution in [2.75, 3.05) is 13.1 Å². The van der Waals surface area contributed by atoms with Gasteiger partial charge in [-0.1, -0.05) is 20.8 Å². The van der Waals surface area contributed by atoms with Gasteiger partial charge >= 0.3 is 0 Å². The highest BCUT2D eigenvalue weighted by atomic mass is 32.1. The Kier molecular flexibility index (Phi) is 4.13. The Hall–Kier alpha value is -1.43. The fourth-order valence-electron chi connectivity index (χ4n) is 2.44. The molecule has 0 unspecified atom stereocenters. The van der Waals surface area contributed by atoms with E-state index >= 15 is 0 Å². The van der Waals surface area contributed by atoms with Crippen molar-refractivity contribution < 1.29 is 9.59 Å². The molecule has 1 aromatic rings. The van der Waals surface area contributed by atoms with Crippen molar-refractivity contribution in [1.82, 2.24) is 9.88 Å². The quantitative estimate of drug-likeness (QED) is 0.903. The van der Waals surface area contributed by atoms with Crippen LogP contribution >= 0.6 is 11.3 Å². The summed E-state index contributed by atoms with van der Waals surface area (Å²) in [5, 5.41) is 0. The van der Waals surface area contributed by atoms with Crippen LogP contribution in [0, 0.1) is 5.92 Å². The summed E-state index contributed by atoms with van der Waals surface area (Å²) < 4.78 is 0. The number of rotatable bonds is 2. The standard InChI is InChI=1S/C14H21N3O2S/c1-14(2,3)11-10(20-8-16-11)13(19)17-6-4-9(5-7-17)12(15)18/h8-9H,4-7H2,1-3H3,(H2,15,18). The van der Waals surface area contributed by atoms with E-state index in [9.17, 15) is 9.59 Å². The molecular formula is C14H21N3O2S. The average molecular weight is 295 g/mol. The molecule has 2 heterocycles. The lowest BCUT2D eigenvalue weighted by atomic mass is 9.90. The number of carbonyl (C=O) groups excluding carboxylic acids is 2. The summed E-state index contributed by atoms with van der Waals surface area (Å²) in [5.74, 6) is -0.326. The minimum atomic E-state index is -0.259. The summed E-state index contributed by atoms with van der Waals surface area (Å²) in [6.07, 6.45) is 1.31. The van der Waals surface area contributed by atoms with Gasteiger partial charge < -0.3 is 10.6 Å². The third kappa shape index (κ3) is 3.00. The highest BCUT2D eigenvalue weighted by Gasteiger charge is 2.31. The second-order valence-electron chi connectivity index (χ2n) is 6.25. The molecule has 0 aliphatic carbocycles. The second-order valence-corrected chi connectivity index (χ2v) is 7.10. The van der Waals surface area contributed by atoms with E-state index in [4.69, 9.17) is 5.73 Å². The molecule has 0 aromatic carbocycles. The van der Waals surface area contributed by atoms with Crippen LogP contribution < -0.4 is 5.73 Å². The summed E-state index contributed by atoms with van der Waals surface area (Å²) in [4.78, 5) is 30.6. The summed E-state index contributed by atoms with van der Waals surface area (Å²) in [5.41, 5.74) is 7.75. The molecule has 1 saturated heterocycles. The van der Waals surface area contributed by atoms with E-state index in [0.29, 0.717) is 25.9 Å². The molecule has 0 bridgehead atoms. The smallest absolute Gasteiger partial charge is 0.265 e. The first-order valence-corrected chi connectivity index (χ1v) is 7.71. The molecule has 2 amide bonds. The Bertz CT molecular complexity index is 511. The van der Waals surface area contributed by atoms with Gasteiger partial charge in [0.05, 0.1) is 11.2 Å². The van der Waals surface area contributed by atoms with E-state index in [1.165, 1.54) is 11.3 Å². The van der Waals surface area contributed by atoms with Gasteiger partial charge in [-0.15, -0.1) is 11.3 Å². The van der Waals surface area contributed by atoms with Gasteiger partial charge in [-0.3, -0.25) is 9.59 Å². The first-order chi connectivity index (χ1) is 9.30. The number of hydrogen-bond acceptors (Lipinski definition) is 4. The number of nitrogens with zero attached hydrogens (tertiary/aromatic N) is 2. The van der Waals surface area contributed by atoms with E-state index in [1.54, 1.807) is 5.51 Å². The van der Waals surface area contributed by atoms with Crippen LogP contribution in [0.5, 0.6) is 0 Å². The maximum atomic E-state index is 12.6. The molecule has 5 nitrogen and oxygen atoms in total. The van der Waals surface area contributed by atoms with Crippen LogP contribution in [0.3, 0.4) is 0 Å². The largest absolute Gasteiger partial charge is 0.369 e. The molecule has 2 rings (SSSR count). The van der Waals surface area contributed by atoms with Crippen molar-refractivity contribution in [2.24, 2.45) is 11.7 Å². The maximum absolute atomic E-state index is 12.6. The van der Waals surface area contributed by atoms with Crippen molar-refractivity contribution in [3.05, 3.63) is 16.1 Å². The van der Waals surface area contributed by atoms with E-state index in [-0.39, 0.29) is 23.1 Å². The van der Waals surface area contributed by atoms with E-state index in [0.717, 1.165) is 10.6 Å². The number of hydrogen-bond donors (Lipinski definition) is 1. The van der Waals surface area contributed by atoms with Gasteiger partial charge in [0.15, 0.2) is 0 Å². The Balaban J connectivity index is 2.10. The molecule has 6 heteroatoms. The zero-order valence-electron chi connectivity index (χ0n) is 12.2. The topological polar surface area (TPSA) is 76.3 Å². The lowest BCUT2D eigenvalue weighted by molar-refractivity contribution is -0.123. The Labute approximate surface area is 123 Å². The van der Waals surface area contributed by atoms with Gasteiger partial charge in [0.2, 0.25) is 5.91 Å². The summed E-state index contributed by atoms with van der Waals surface area (Å²) in [7, 11) is 0. The predicted octanol–water partition coefficient (Wildman–Crippen LogP) is 1.78. The summed E-state index contributed by atoms with van der Waals surface area (Å²) >= 11 is 1.39. The van der Waals surface area contributed by atoms with Gasteiger partial charge in [-0.25, -0.2) is 4.98 Å². The number of piperidine rings is 1. The fourth-order valence-corrected chi connectivity index (χ4v) is 3.41. The first kappa shape index (κ1) is 15.0. The molecular weight excluding hydrogens is 274 g/mol. The molecule has 0 spiro atoms. The van der Waals surface area contributed by atoms with Gasteiger partial charge in [0.25, 0.3) is 5.91 Å². The zero-order chi connectivity index (χ0) is 14.9. The molecule has 110 valence electrons. The molecule has 1 fully saturated rings. The summed E-state index contributed by atoms with van der Waals surface area (Å²) in [6.45, 7) is 7.34. The molecule has 2 N–H and O–H groups in total. The van der Waals surface area contributed by atoms with Crippen molar-refractivity contribution in [3.8, 4) is 0 Å². The van der Waals surface area contributed by atoms with Crippen LogP contribution in [0.2, 0.25) is 0 Å². The summed E-state index contributed by atoms with van der Waals surface area (Å²) in [6, 6.07) is 0. The van der Waals surface area contributed by atoms with Crippen LogP contribution in [0.25, 0.3) is 0 Å². The lowest BCUT2D eigenvalue weighted by Crippen LogP contribution is -2.42. The number of primary amides is 1. The molecule has 1 aromatic heterocycles. The van der Waals surface area contributed by atoms with Crippen LogP contribution in [0.4, 0.5) is 0 Å². The van der Waals surface area contributed by atoms with Crippen molar-refractivity contribution >= 4 is 23.2 Å². The monoisotopic (exact) mass is 295 g/mol. The minimum absolute atomic E-state index is 0.0281. The molecule has 20 heavy (non-hydrogen) atoms. The van der Waals surface area contributed by atoms with Crippen LogP contribution in [0.15, 0.2) is 5.51 Å². The third-order valence-electron chi connectivity index (χ3n) is 3.66. The number of aromatic nitrogens is 1. The third-order valence-corrected chi connectivity index (χ3v) is 4.47. The van der Waals surface area contributed by atoms with Crippen LogP contribution in [-0.2, 0) is 10.2 Å². The van der Waals surface area contributed by atoms with Crippen molar-refractivity contribution in [1.29, 1.82) is 0 Å². The van der Waals surface area contributed by atoms with Crippen molar-refractivity contribution in [3.63, 3.8) is 0 Å². The number of amides is 2. The minimum Gasteiger partial charge on any atom is -0.369 e. The van der Waals surface area contributed by atoms with Gasteiger partial charge in [0, 0.05) is 24.4 Å². The predicted molar refractivity (Wildman–Crippen MR) is 78.6 cm³/mol. The lowest BCUT2D eigenvalue weighted by Gasteiger charge is -2.31. The van der Waals surface area contributed by atoms with E-state index in [2.05, 4.69) is 25.8 Å². The highest BCUT2D eigenvalue weighted by Crippen LogP contribution is 2.29. The Morgan fingerprint density at radius 3 is 2.45 bits per heavy atom.